The van der Waals surface area contributed by atoms with Gasteiger partial charge in [-0.05, 0) is 54.2 Å². The Hall–Kier alpha value is -1.07. The quantitative estimate of drug-likeness (QED) is 0.403. The van der Waals surface area contributed by atoms with E-state index in [1.54, 1.807) is 11.8 Å². The number of hydrogen-bond donors (Lipinski definition) is 1. The van der Waals surface area contributed by atoms with Crippen LogP contribution in [-0.2, 0) is 10.8 Å². The molecule has 148 valence electrons. The predicted molar refractivity (Wildman–Crippen MR) is 120 cm³/mol. The zero-order valence-electron chi connectivity index (χ0n) is 17.4. The molecule has 1 atom stereocenters. The van der Waals surface area contributed by atoms with E-state index in [2.05, 4.69) is 82.4 Å². The van der Waals surface area contributed by atoms with Gasteiger partial charge in [0, 0.05) is 17.3 Å². The van der Waals surface area contributed by atoms with Gasteiger partial charge in [0.05, 0.1) is 6.10 Å². The van der Waals surface area contributed by atoms with Gasteiger partial charge in [0.25, 0.3) is 0 Å². The topological polar surface area (TPSA) is 29.5 Å². The van der Waals surface area contributed by atoms with Gasteiger partial charge < -0.3 is 9.53 Å². The smallest absolute Gasteiger partial charge is 0.191 e. The second kappa shape index (κ2) is 9.92. The van der Waals surface area contributed by atoms with E-state index in [1.165, 1.54) is 16.0 Å². The molecule has 1 unspecified atom stereocenters. The van der Waals surface area contributed by atoms with Crippen LogP contribution in [0.2, 0.25) is 18.1 Å². The summed E-state index contributed by atoms with van der Waals surface area (Å²) in [5.74, 6) is 0.707. The molecule has 27 heavy (non-hydrogen) atoms. The van der Waals surface area contributed by atoms with E-state index in [0.717, 1.165) is 6.42 Å². The molecule has 4 heteroatoms. The van der Waals surface area contributed by atoms with Crippen LogP contribution < -0.4 is 0 Å². The van der Waals surface area contributed by atoms with Gasteiger partial charge in [-0.2, -0.15) is 0 Å². The van der Waals surface area contributed by atoms with Crippen molar-refractivity contribution in [3.05, 3.63) is 65.7 Å². The molecule has 2 aromatic rings. The standard InChI is InChI=1S/C23H34O2SSi/c1-23(2,3)27(4,5)25-16-15-21(24)18-26-22-13-11-20(12-14-22)17-19-9-7-6-8-10-19/h6-14,21,24H,15-18H2,1-5H3. The van der Waals surface area contributed by atoms with Crippen molar-refractivity contribution in [3.63, 3.8) is 0 Å². The third kappa shape index (κ3) is 7.45. The first kappa shape index (κ1) is 22.2. The van der Waals surface area contributed by atoms with Crippen LogP contribution >= 0.6 is 11.8 Å². The summed E-state index contributed by atoms with van der Waals surface area (Å²) < 4.78 is 6.16. The fourth-order valence-electron chi connectivity index (χ4n) is 2.48. The SMILES string of the molecule is CC(C)(C)[Si](C)(C)OCCC(O)CSc1ccc(Cc2ccccc2)cc1. The van der Waals surface area contributed by atoms with Crippen LogP contribution in [0.4, 0.5) is 0 Å². The highest BCUT2D eigenvalue weighted by atomic mass is 32.2. The molecule has 0 radical (unpaired) electrons. The molecule has 2 aromatic carbocycles. The molecule has 0 heterocycles. The largest absolute Gasteiger partial charge is 0.417 e. The second-order valence-electron chi connectivity index (χ2n) is 8.67. The van der Waals surface area contributed by atoms with E-state index in [0.29, 0.717) is 18.8 Å². The first-order chi connectivity index (χ1) is 12.7. The van der Waals surface area contributed by atoms with Crippen LogP contribution in [-0.4, -0.2) is 31.9 Å². The lowest BCUT2D eigenvalue weighted by atomic mass is 10.1. The van der Waals surface area contributed by atoms with Crippen molar-refractivity contribution in [2.24, 2.45) is 0 Å². The minimum absolute atomic E-state index is 0.216. The summed E-state index contributed by atoms with van der Waals surface area (Å²) in [5, 5.41) is 10.5. The summed E-state index contributed by atoms with van der Waals surface area (Å²) in [7, 11) is -1.72. The van der Waals surface area contributed by atoms with Crippen LogP contribution in [0.15, 0.2) is 59.5 Å². The van der Waals surface area contributed by atoms with Crippen LogP contribution in [0.3, 0.4) is 0 Å². The summed E-state index contributed by atoms with van der Waals surface area (Å²) in [4.78, 5) is 1.20. The molecule has 0 spiro atoms. The summed E-state index contributed by atoms with van der Waals surface area (Å²) in [6.45, 7) is 11.9. The van der Waals surface area contributed by atoms with E-state index >= 15 is 0 Å². The Morgan fingerprint density at radius 1 is 0.963 bits per heavy atom. The van der Waals surface area contributed by atoms with Crippen LogP contribution in [0.1, 0.15) is 38.3 Å². The monoisotopic (exact) mass is 402 g/mol. The number of rotatable bonds is 9. The van der Waals surface area contributed by atoms with Gasteiger partial charge in [-0.15, -0.1) is 11.8 Å². The summed E-state index contributed by atoms with van der Waals surface area (Å²) in [6.07, 6.45) is 1.33. The van der Waals surface area contributed by atoms with Crippen molar-refractivity contribution < 1.29 is 9.53 Å². The minimum Gasteiger partial charge on any atom is -0.417 e. The maximum absolute atomic E-state index is 10.3. The average molecular weight is 403 g/mol. The van der Waals surface area contributed by atoms with E-state index in [9.17, 15) is 5.11 Å². The van der Waals surface area contributed by atoms with Gasteiger partial charge >= 0.3 is 0 Å². The highest BCUT2D eigenvalue weighted by Crippen LogP contribution is 2.36. The molecule has 0 aliphatic rings. The molecular weight excluding hydrogens is 368 g/mol. The van der Waals surface area contributed by atoms with Gasteiger partial charge in [0.15, 0.2) is 8.32 Å². The lowest BCUT2D eigenvalue weighted by Crippen LogP contribution is -2.41. The number of aliphatic hydroxyl groups excluding tert-OH is 1. The highest BCUT2D eigenvalue weighted by Gasteiger charge is 2.36. The van der Waals surface area contributed by atoms with Crippen molar-refractivity contribution in [2.75, 3.05) is 12.4 Å². The molecule has 2 rings (SSSR count). The number of hydrogen-bond acceptors (Lipinski definition) is 3. The average Bonchev–Trinajstić information content (AvgIpc) is 2.61. The first-order valence-corrected chi connectivity index (χ1v) is 13.6. The lowest BCUT2D eigenvalue weighted by molar-refractivity contribution is 0.154. The van der Waals surface area contributed by atoms with Crippen molar-refractivity contribution in [3.8, 4) is 0 Å². The number of thioether (sulfide) groups is 1. The first-order valence-electron chi connectivity index (χ1n) is 9.75. The van der Waals surface area contributed by atoms with Crippen molar-refractivity contribution >= 4 is 20.1 Å². The lowest BCUT2D eigenvalue weighted by Gasteiger charge is -2.36. The van der Waals surface area contributed by atoms with Gasteiger partial charge in [0.1, 0.15) is 0 Å². The van der Waals surface area contributed by atoms with Gasteiger partial charge in [-0.3, -0.25) is 0 Å². The summed E-state index contributed by atoms with van der Waals surface area (Å²) in [6, 6.07) is 19.2. The van der Waals surface area contributed by atoms with Crippen molar-refractivity contribution in [1.82, 2.24) is 0 Å². The Labute approximate surface area is 170 Å². The van der Waals surface area contributed by atoms with Crippen LogP contribution in [0, 0.1) is 0 Å². The Bertz CT molecular complexity index is 678. The van der Waals surface area contributed by atoms with Gasteiger partial charge in [0.2, 0.25) is 0 Å². The molecule has 0 fully saturated rings. The van der Waals surface area contributed by atoms with Crippen molar-refractivity contribution in [2.45, 2.75) is 62.7 Å². The fourth-order valence-corrected chi connectivity index (χ4v) is 4.42. The molecule has 0 aliphatic carbocycles. The Morgan fingerprint density at radius 3 is 2.15 bits per heavy atom. The zero-order chi connectivity index (χ0) is 19.9. The fraction of sp³-hybridized carbons (Fsp3) is 0.478. The molecule has 0 amide bonds. The van der Waals surface area contributed by atoms with E-state index in [-0.39, 0.29) is 11.1 Å². The normalized spacial score (nSPS) is 13.6. The Morgan fingerprint density at radius 2 is 1.56 bits per heavy atom. The Balaban J connectivity index is 1.73. The molecule has 0 saturated carbocycles. The van der Waals surface area contributed by atoms with E-state index in [1.807, 2.05) is 6.07 Å². The maximum Gasteiger partial charge on any atom is 0.191 e. The second-order valence-corrected chi connectivity index (χ2v) is 14.6. The maximum atomic E-state index is 10.3. The number of benzene rings is 2. The molecule has 0 aromatic heterocycles. The zero-order valence-corrected chi connectivity index (χ0v) is 19.2. The molecule has 2 nitrogen and oxygen atoms in total. The molecule has 1 N–H and O–H groups in total. The van der Waals surface area contributed by atoms with Gasteiger partial charge in [-0.1, -0.05) is 63.2 Å². The summed E-state index contributed by atoms with van der Waals surface area (Å²) in [5.41, 5.74) is 2.64. The van der Waals surface area contributed by atoms with Crippen molar-refractivity contribution in [1.29, 1.82) is 0 Å². The molecule has 0 bridgehead atoms. The number of aliphatic hydroxyl groups is 1. The predicted octanol–water partition coefficient (Wildman–Crippen LogP) is 6.14. The Kier molecular flexibility index (Phi) is 8.16. The molecular formula is C23H34O2SSi. The molecule has 0 aliphatic heterocycles. The minimum atomic E-state index is -1.72. The van der Waals surface area contributed by atoms with Crippen LogP contribution in [0.25, 0.3) is 0 Å². The van der Waals surface area contributed by atoms with E-state index in [4.69, 9.17) is 4.43 Å². The third-order valence-corrected chi connectivity index (χ3v) is 11.0. The summed E-state index contributed by atoms with van der Waals surface area (Å²) >= 11 is 1.71. The molecule has 0 saturated heterocycles. The van der Waals surface area contributed by atoms with Crippen LogP contribution in [0.5, 0.6) is 0 Å². The third-order valence-electron chi connectivity index (χ3n) is 5.34. The van der Waals surface area contributed by atoms with E-state index < -0.39 is 8.32 Å². The highest BCUT2D eigenvalue weighted by molar-refractivity contribution is 7.99. The van der Waals surface area contributed by atoms with Gasteiger partial charge in [-0.25, -0.2) is 0 Å².